The lowest BCUT2D eigenvalue weighted by Gasteiger charge is -2.42. The van der Waals surface area contributed by atoms with Crippen molar-refractivity contribution >= 4 is 95.1 Å². The van der Waals surface area contributed by atoms with Crippen molar-refractivity contribution in [1.29, 1.82) is 0 Å². The number of alkyl halides is 3. The van der Waals surface area contributed by atoms with Gasteiger partial charge >= 0.3 is 21.6 Å². The number of rotatable bonds is 7. The zero-order chi connectivity index (χ0) is 45.7. The maximum absolute atomic E-state index is 16.6. The average molecular weight is 940 g/mol. The number of fused-ring (bicyclic) bond motifs is 7. The van der Waals surface area contributed by atoms with E-state index in [1.54, 1.807) is 6.20 Å². The lowest BCUT2D eigenvalue weighted by molar-refractivity contribution is -0.0448. The monoisotopic (exact) mass is 939 g/mol. The van der Waals surface area contributed by atoms with Gasteiger partial charge in [0.05, 0.1) is 45.1 Å². The van der Waals surface area contributed by atoms with Crippen LogP contribution in [0.2, 0.25) is 16.6 Å². The summed E-state index contributed by atoms with van der Waals surface area (Å²) in [5, 5.41) is 6.31. The Labute approximate surface area is 373 Å². The van der Waals surface area contributed by atoms with Gasteiger partial charge in [-0.2, -0.15) is 26.7 Å². The normalized spacial score (nSPS) is 17.6. The van der Waals surface area contributed by atoms with E-state index in [0.29, 0.717) is 39.0 Å². The standard InChI is InChI=1S/C44H49F4N7O4S3Si/c1-23(2)63(24(3)4,25(5)6)18-16-29-32(45)14-11-26-19-33-31(20-50-55(33)62(57,58)44(46,47)48)35(34(26)29)37-38-30(15-17-49-37)36-39(51-41(60-10)52-40(36)61-38)53-21-27-12-13-28(22-53)54(27)42(56)59-43(7,8)9/h11,14-15,17,19-20,23-25,27-28H,12-13,21-22H2,1-10H3/t27-,28+. The Bertz CT molecular complexity index is 2970. The van der Waals surface area contributed by atoms with E-state index in [4.69, 9.17) is 19.7 Å². The van der Waals surface area contributed by atoms with E-state index < -0.39 is 35.0 Å². The zero-order valence-corrected chi connectivity index (χ0v) is 40.1. The second-order valence-electron chi connectivity index (χ2n) is 18.3. The molecule has 6 heterocycles. The van der Waals surface area contributed by atoms with Gasteiger partial charge in [-0.3, -0.25) is 9.88 Å². The van der Waals surface area contributed by atoms with Crippen LogP contribution in [0.15, 0.2) is 41.8 Å². The fourth-order valence-electron chi connectivity index (χ4n) is 9.94. The van der Waals surface area contributed by atoms with Gasteiger partial charge in [-0.05, 0) is 80.1 Å². The zero-order valence-electron chi connectivity index (χ0n) is 36.7. The lowest BCUT2D eigenvalue weighted by Crippen LogP contribution is -2.57. The second-order valence-corrected chi connectivity index (χ2v) is 27.4. The van der Waals surface area contributed by atoms with Crippen molar-refractivity contribution in [2.75, 3.05) is 24.2 Å². The fraction of sp³-hybridized carbons (Fsp3) is 0.477. The molecule has 2 fully saturated rings. The molecule has 8 rings (SSSR count). The van der Waals surface area contributed by atoms with Gasteiger partial charge in [0.2, 0.25) is 0 Å². The van der Waals surface area contributed by atoms with Crippen molar-refractivity contribution in [1.82, 2.24) is 29.0 Å². The van der Waals surface area contributed by atoms with E-state index >= 15 is 4.39 Å². The Hall–Kier alpha value is -4.51. The number of anilines is 1. The van der Waals surface area contributed by atoms with Crippen molar-refractivity contribution in [3.8, 4) is 22.7 Å². The first-order valence-corrected chi connectivity index (χ1v) is 26.6. The summed E-state index contributed by atoms with van der Waals surface area (Å²) in [7, 11) is -8.43. The molecule has 19 heteroatoms. The van der Waals surface area contributed by atoms with E-state index in [1.807, 2.05) is 38.0 Å². The maximum atomic E-state index is 16.6. The first-order valence-electron chi connectivity index (χ1n) is 20.9. The molecular weight excluding hydrogens is 891 g/mol. The van der Waals surface area contributed by atoms with Crippen LogP contribution in [0.25, 0.3) is 53.2 Å². The van der Waals surface area contributed by atoms with E-state index in [0.717, 1.165) is 24.4 Å². The van der Waals surface area contributed by atoms with Crippen molar-refractivity contribution < 1.29 is 35.5 Å². The van der Waals surface area contributed by atoms with Crippen LogP contribution in [0, 0.1) is 17.3 Å². The van der Waals surface area contributed by atoms with Gasteiger partial charge in [0.1, 0.15) is 30.1 Å². The highest BCUT2D eigenvalue weighted by Gasteiger charge is 2.49. The molecule has 2 atom stereocenters. The first-order chi connectivity index (χ1) is 29.5. The fourth-order valence-corrected chi connectivity index (χ4v) is 17.5. The number of thioether (sulfide) groups is 1. The van der Waals surface area contributed by atoms with Crippen LogP contribution in [0.3, 0.4) is 0 Å². The van der Waals surface area contributed by atoms with Crippen LogP contribution in [-0.4, -0.2) is 94.2 Å². The maximum Gasteiger partial charge on any atom is 0.518 e. The highest BCUT2D eigenvalue weighted by Crippen LogP contribution is 2.48. The van der Waals surface area contributed by atoms with E-state index in [2.05, 4.69) is 63.0 Å². The van der Waals surface area contributed by atoms with Gasteiger partial charge in [-0.25, -0.2) is 19.2 Å². The first kappa shape index (κ1) is 45.1. The summed E-state index contributed by atoms with van der Waals surface area (Å²) < 4.78 is 91.5. The quantitative estimate of drug-likeness (QED) is 0.0502. The third kappa shape index (κ3) is 7.42. The number of thiophene rings is 1. The van der Waals surface area contributed by atoms with Crippen LogP contribution in [0.1, 0.15) is 80.7 Å². The van der Waals surface area contributed by atoms with Crippen molar-refractivity contribution in [3.63, 3.8) is 0 Å². The summed E-state index contributed by atoms with van der Waals surface area (Å²) in [6, 6.07) is 5.50. The number of carbonyl (C=O) groups excluding carboxylic acids is 1. The Morgan fingerprint density at radius 1 is 0.968 bits per heavy atom. The molecule has 0 N–H and O–H groups in total. The van der Waals surface area contributed by atoms with Crippen LogP contribution in [0.5, 0.6) is 0 Å². The summed E-state index contributed by atoms with van der Waals surface area (Å²) in [5.41, 5.74) is -1.90. The largest absolute Gasteiger partial charge is 0.518 e. The summed E-state index contributed by atoms with van der Waals surface area (Å²) >= 11 is 2.68. The van der Waals surface area contributed by atoms with Crippen molar-refractivity contribution in [3.05, 3.63) is 48.0 Å². The number of aromatic nitrogens is 5. The van der Waals surface area contributed by atoms with Crippen LogP contribution < -0.4 is 4.90 Å². The molecule has 0 aliphatic carbocycles. The van der Waals surface area contributed by atoms with Crippen LogP contribution >= 0.6 is 23.1 Å². The Morgan fingerprint density at radius 3 is 2.21 bits per heavy atom. The molecule has 11 nitrogen and oxygen atoms in total. The molecule has 334 valence electrons. The summed E-state index contributed by atoms with van der Waals surface area (Å²) in [5.74, 6) is 3.30. The molecule has 2 aromatic carbocycles. The van der Waals surface area contributed by atoms with Gasteiger partial charge in [0.25, 0.3) is 0 Å². The molecule has 63 heavy (non-hydrogen) atoms. The number of piperazine rings is 1. The highest BCUT2D eigenvalue weighted by molar-refractivity contribution is 7.98. The van der Waals surface area contributed by atoms with Gasteiger partial charge in [-0.15, -0.1) is 21.0 Å². The predicted octanol–water partition coefficient (Wildman–Crippen LogP) is 11.1. The molecular formula is C44H49F4N7O4S3Si. The lowest BCUT2D eigenvalue weighted by atomic mass is 9.93. The highest BCUT2D eigenvalue weighted by atomic mass is 32.2. The van der Waals surface area contributed by atoms with E-state index in [-0.39, 0.29) is 77.4 Å². The number of halogens is 4. The molecule has 2 saturated heterocycles. The minimum absolute atomic E-state index is 0.0151. The molecule has 1 amide bonds. The number of ether oxygens (including phenoxy) is 1. The van der Waals surface area contributed by atoms with Crippen molar-refractivity contribution in [2.45, 2.75) is 120 Å². The predicted molar refractivity (Wildman–Crippen MR) is 246 cm³/mol. The molecule has 2 bridgehead atoms. The number of amides is 1. The van der Waals surface area contributed by atoms with Crippen LogP contribution in [0.4, 0.5) is 28.2 Å². The number of carbonyl (C=O) groups is 1. The summed E-state index contributed by atoms with van der Waals surface area (Å²) in [6.07, 6.45) is 5.77. The molecule has 2 aliphatic heterocycles. The molecule has 6 aromatic rings. The molecule has 2 aliphatic rings. The van der Waals surface area contributed by atoms with Crippen molar-refractivity contribution in [2.24, 2.45) is 0 Å². The number of hydrogen-bond acceptors (Lipinski definition) is 11. The third-order valence-electron chi connectivity index (χ3n) is 12.6. The minimum Gasteiger partial charge on any atom is -0.444 e. The molecule has 0 spiro atoms. The SMILES string of the molecule is CSc1nc(N2C[C@H]3CC[C@@H](C2)N3C(=O)OC(C)(C)C)c2c(n1)sc1c(-c3c4cnn(S(=O)(=O)C(F)(F)F)c4cc4ccc(F)c(C#C[Si](C(C)C)(C(C)C)C(C)C)c34)nccc12. The number of hydrogen-bond donors (Lipinski definition) is 0. The summed E-state index contributed by atoms with van der Waals surface area (Å²) in [6.45, 7) is 19.4. The van der Waals surface area contributed by atoms with E-state index in [9.17, 15) is 26.4 Å². The van der Waals surface area contributed by atoms with Gasteiger partial charge < -0.3 is 9.64 Å². The molecule has 0 saturated carbocycles. The molecule has 4 aromatic heterocycles. The van der Waals surface area contributed by atoms with E-state index in [1.165, 1.54) is 41.3 Å². The minimum atomic E-state index is -5.98. The van der Waals surface area contributed by atoms with Gasteiger partial charge in [0, 0.05) is 41.0 Å². The van der Waals surface area contributed by atoms with Gasteiger partial charge in [-0.1, -0.05) is 65.3 Å². The number of pyridine rings is 1. The second kappa shape index (κ2) is 15.9. The smallest absolute Gasteiger partial charge is 0.444 e. The molecule has 0 radical (unpaired) electrons. The van der Waals surface area contributed by atoms with Crippen LogP contribution in [-0.2, 0) is 14.8 Å². The average Bonchev–Trinajstić information content (AvgIpc) is 3.87. The Kier molecular flexibility index (Phi) is 11.4. The summed E-state index contributed by atoms with van der Waals surface area (Å²) in [4.78, 5) is 32.8. The van der Waals surface area contributed by atoms with Gasteiger partial charge in [0.15, 0.2) is 5.16 Å². The topological polar surface area (TPSA) is 123 Å². The Balaban J connectivity index is 1.41. The molecule has 0 unspecified atom stereocenters. The Morgan fingerprint density at radius 2 is 1.62 bits per heavy atom. The third-order valence-corrected chi connectivity index (χ3v) is 21.9. The number of benzene rings is 2. The number of nitrogens with zero attached hydrogens (tertiary/aromatic N) is 7.